The summed E-state index contributed by atoms with van der Waals surface area (Å²) in [5, 5.41) is 7.80. The summed E-state index contributed by atoms with van der Waals surface area (Å²) in [6, 6.07) is 9.01. The Labute approximate surface area is 213 Å². The number of anilines is 1. The molecule has 13 heteroatoms. The van der Waals surface area contributed by atoms with E-state index in [0.29, 0.717) is 55.5 Å². The lowest BCUT2D eigenvalue weighted by Crippen LogP contribution is -2.49. The first-order chi connectivity index (χ1) is 17.6. The molecule has 3 aromatic rings. The summed E-state index contributed by atoms with van der Waals surface area (Å²) >= 11 is 0. The minimum atomic E-state index is -3.71. The van der Waals surface area contributed by atoms with E-state index >= 15 is 0 Å². The van der Waals surface area contributed by atoms with E-state index < -0.39 is 21.7 Å². The van der Waals surface area contributed by atoms with Crippen molar-refractivity contribution in [3.63, 3.8) is 0 Å². The fourth-order valence-corrected chi connectivity index (χ4v) is 4.29. The standard InChI is InChI=1S/C24H25FN6O5S/c1-3-36-18-12-17(14-26-15-18)19-5-4-16(13-20(19)25)24(33)31-10-8-30(9-11-31)22-7-6-21(27-28-22)23(32)29-37(2,34)35/h4-7,12-15H,3,8-11H2,1-2H3,(H,29,32). The summed E-state index contributed by atoms with van der Waals surface area (Å²) in [6.07, 6.45) is 3.96. The number of nitrogens with zero attached hydrogens (tertiary/aromatic N) is 5. The van der Waals surface area contributed by atoms with Gasteiger partial charge in [0.1, 0.15) is 11.6 Å². The number of halogens is 1. The highest BCUT2D eigenvalue weighted by Gasteiger charge is 2.24. The maximum Gasteiger partial charge on any atom is 0.285 e. The molecule has 0 saturated carbocycles. The van der Waals surface area contributed by atoms with Crippen LogP contribution in [-0.2, 0) is 10.0 Å². The Morgan fingerprint density at radius 3 is 2.43 bits per heavy atom. The number of pyridine rings is 1. The maximum atomic E-state index is 14.9. The topological polar surface area (TPSA) is 135 Å². The van der Waals surface area contributed by atoms with Crippen LogP contribution in [0.4, 0.5) is 10.2 Å². The van der Waals surface area contributed by atoms with E-state index in [2.05, 4.69) is 15.2 Å². The van der Waals surface area contributed by atoms with Crippen LogP contribution in [0.2, 0.25) is 0 Å². The summed E-state index contributed by atoms with van der Waals surface area (Å²) in [4.78, 5) is 32.5. The van der Waals surface area contributed by atoms with Gasteiger partial charge in [-0.1, -0.05) is 6.07 Å². The molecule has 0 spiro atoms. The largest absolute Gasteiger partial charge is 0.492 e. The average Bonchev–Trinajstić information content (AvgIpc) is 2.88. The Bertz CT molecular complexity index is 1410. The molecular weight excluding hydrogens is 503 g/mol. The maximum absolute atomic E-state index is 14.9. The van der Waals surface area contributed by atoms with Gasteiger partial charge < -0.3 is 14.5 Å². The normalized spacial score (nSPS) is 13.8. The van der Waals surface area contributed by atoms with E-state index in [9.17, 15) is 22.4 Å². The zero-order chi connectivity index (χ0) is 26.6. The van der Waals surface area contributed by atoms with Crippen molar-refractivity contribution in [1.82, 2.24) is 24.8 Å². The number of carbonyl (C=O) groups excluding carboxylic acids is 2. The molecule has 1 aliphatic rings. The third-order valence-corrected chi connectivity index (χ3v) is 6.16. The van der Waals surface area contributed by atoms with Gasteiger partial charge in [0.2, 0.25) is 10.0 Å². The quantitative estimate of drug-likeness (QED) is 0.486. The van der Waals surface area contributed by atoms with Gasteiger partial charge in [-0.25, -0.2) is 17.5 Å². The predicted molar refractivity (Wildman–Crippen MR) is 133 cm³/mol. The zero-order valence-electron chi connectivity index (χ0n) is 20.2. The number of hydrogen-bond donors (Lipinski definition) is 1. The van der Waals surface area contributed by atoms with Gasteiger partial charge >= 0.3 is 0 Å². The van der Waals surface area contributed by atoms with Crippen molar-refractivity contribution >= 4 is 27.7 Å². The van der Waals surface area contributed by atoms with Crippen molar-refractivity contribution in [3.05, 3.63) is 65.9 Å². The van der Waals surface area contributed by atoms with Gasteiger partial charge in [-0.2, -0.15) is 0 Å². The Hall–Kier alpha value is -4.13. The van der Waals surface area contributed by atoms with Crippen LogP contribution in [0.3, 0.4) is 0 Å². The van der Waals surface area contributed by atoms with Gasteiger partial charge in [0.25, 0.3) is 11.8 Å². The van der Waals surface area contributed by atoms with Crippen molar-refractivity contribution in [2.24, 2.45) is 0 Å². The number of aromatic nitrogens is 3. The number of nitrogens with one attached hydrogen (secondary N) is 1. The highest BCUT2D eigenvalue weighted by molar-refractivity contribution is 7.89. The van der Waals surface area contributed by atoms with Crippen LogP contribution in [0.25, 0.3) is 11.1 Å². The Morgan fingerprint density at radius 2 is 1.81 bits per heavy atom. The number of piperazine rings is 1. The van der Waals surface area contributed by atoms with E-state index in [-0.39, 0.29) is 17.2 Å². The first kappa shape index (κ1) is 25.9. The molecule has 3 heterocycles. The fourth-order valence-electron chi connectivity index (χ4n) is 3.85. The molecule has 4 rings (SSSR count). The van der Waals surface area contributed by atoms with E-state index in [1.54, 1.807) is 35.4 Å². The van der Waals surface area contributed by atoms with Crippen LogP contribution >= 0.6 is 0 Å². The minimum Gasteiger partial charge on any atom is -0.492 e. The van der Waals surface area contributed by atoms with Crippen molar-refractivity contribution in [2.75, 3.05) is 43.9 Å². The summed E-state index contributed by atoms with van der Waals surface area (Å²) < 4.78 is 44.6. The monoisotopic (exact) mass is 528 g/mol. The van der Waals surface area contributed by atoms with E-state index in [1.807, 2.05) is 16.5 Å². The molecule has 194 valence electrons. The third-order valence-electron chi connectivity index (χ3n) is 5.60. The molecule has 1 saturated heterocycles. The summed E-state index contributed by atoms with van der Waals surface area (Å²) in [7, 11) is -3.71. The van der Waals surface area contributed by atoms with Crippen LogP contribution < -0.4 is 14.4 Å². The number of benzene rings is 1. The Kier molecular flexibility index (Phi) is 7.62. The number of ether oxygens (including phenoxy) is 1. The van der Waals surface area contributed by atoms with Crippen molar-refractivity contribution < 1.29 is 27.1 Å². The van der Waals surface area contributed by atoms with Crippen molar-refractivity contribution in [2.45, 2.75) is 6.92 Å². The molecular formula is C24H25FN6O5S. The van der Waals surface area contributed by atoms with Crippen LogP contribution in [0.15, 0.2) is 48.8 Å². The average molecular weight is 529 g/mol. The molecule has 0 unspecified atom stereocenters. The Morgan fingerprint density at radius 1 is 1.05 bits per heavy atom. The lowest BCUT2D eigenvalue weighted by molar-refractivity contribution is 0.0745. The molecule has 2 aromatic heterocycles. The highest BCUT2D eigenvalue weighted by Crippen LogP contribution is 2.26. The zero-order valence-corrected chi connectivity index (χ0v) is 21.0. The van der Waals surface area contributed by atoms with Crippen molar-refractivity contribution in [3.8, 4) is 16.9 Å². The number of hydrogen-bond acceptors (Lipinski definition) is 9. The number of rotatable bonds is 7. The van der Waals surface area contributed by atoms with E-state index in [1.165, 1.54) is 18.3 Å². The second-order valence-corrected chi connectivity index (χ2v) is 10.0. The lowest BCUT2D eigenvalue weighted by Gasteiger charge is -2.35. The van der Waals surface area contributed by atoms with Crippen LogP contribution in [-0.4, -0.2) is 79.4 Å². The summed E-state index contributed by atoms with van der Waals surface area (Å²) in [5.41, 5.74) is 0.984. The Balaban J connectivity index is 1.38. The molecule has 0 bridgehead atoms. The molecule has 11 nitrogen and oxygen atoms in total. The molecule has 1 aromatic carbocycles. The summed E-state index contributed by atoms with van der Waals surface area (Å²) in [5.74, 6) is -0.663. The molecule has 1 N–H and O–H groups in total. The van der Waals surface area contributed by atoms with Gasteiger partial charge in [-0.05, 0) is 37.3 Å². The second kappa shape index (κ2) is 10.9. The SMILES string of the molecule is CCOc1cncc(-c2ccc(C(=O)N3CCN(c4ccc(C(=O)NS(C)(=O)=O)nn4)CC3)cc2F)c1. The molecule has 2 amide bonds. The molecule has 1 aliphatic heterocycles. The first-order valence-corrected chi connectivity index (χ1v) is 13.3. The smallest absolute Gasteiger partial charge is 0.285 e. The molecule has 37 heavy (non-hydrogen) atoms. The van der Waals surface area contributed by atoms with Crippen LogP contribution in [0.5, 0.6) is 5.75 Å². The molecule has 0 aliphatic carbocycles. The van der Waals surface area contributed by atoms with Crippen LogP contribution in [0, 0.1) is 5.82 Å². The number of amides is 2. The van der Waals surface area contributed by atoms with Gasteiger partial charge in [-0.3, -0.25) is 14.6 Å². The van der Waals surface area contributed by atoms with Gasteiger partial charge in [0, 0.05) is 49.1 Å². The van der Waals surface area contributed by atoms with E-state index in [0.717, 1.165) is 6.26 Å². The summed E-state index contributed by atoms with van der Waals surface area (Å²) in [6.45, 7) is 3.97. The predicted octanol–water partition coefficient (Wildman–Crippen LogP) is 1.73. The van der Waals surface area contributed by atoms with Gasteiger partial charge in [-0.15, -0.1) is 10.2 Å². The second-order valence-electron chi connectivity index (χ2n) is 8.30. The number of carbonyl (C=O) groups is 2. The highest BCUT2D eigenvalue weighted by atomic mass is 32.2. The van der Waals surface area contributed by atoms with E-state index in [4.69, 9.17) is 4.74 Å². The lowest BCUT2D eigenvalue weighted by atomic mass is 10.0. The fraction of sp³-hybridized carbons (Fsp3) is 0.292. The minimum absolute atomic E-state index is 0.131. The molecule has 0 radical (unpaired) electrons. The van der Waals surface area contributed by atoms with Crippen LogP contribution in [0.1, 0.15) is 27.8 Å². The number of sulfonamides is 1. The van der Waals surface area contributed by atoms with Gasteiger partial charge in [0.15, 0.2) is 11.5 Å². The van der Waals surface area contributed by atoms with Gasteiger partial charge in [0.05, 0.1) is 19.1 Å². The first-order valence-electron chi connectivity index (χ1n) is 11.4. The molecule has 0 atom stereocenters. The third kappa shape index (κ3) is 6.36. The van der Waals surface area contributed by atoms with Crippen molar-refractivity contribution in [1.29, 1.82) is 0 Å². The molecule has 1 fully saturated rings.